The van der Waals surface area contributed by atoms with E-state index < -0.39 is 5.91 Å². The summed E-state index contributed by atoms with van der Waals surface area (Å²) < 4.78 is 3.51. The van der Waals surface area contributed by atoms with Crippen molar-refractivity contribution in [1.82, 2.24) is 19.4 Å². The van der Waals surface area contributed by atoms with Gasteiger partial charge in [-0.2, -0.15) is 5.10 Å². The predicted octanol–water partition coefficient (Wildman–Crippen LogP) is 3.79. The summed E-state index contributed by atoms with van der Waals surface area (Å²) in [5.74, 6) is 0.0228. The van der Waals surface area contributed by atoms with E-state index in [1.54, 1.807) is 29.1 Å². The summed E-state index contributed by atoms with van der Waals surface area (Å²) in [6.45, 7) is 4.33. The van der Waals surface area contributed by atoms with Crippen LogP contribution in [-0.2, 0) is 19.4 Å². The molecule has 0 spiro atoms. The molecule has 9 heteroatoms. The largest absolute Gasteiger partial charge is 0.291 e. The van der Waals surface area contributed by atoms with Gasteiger partial charge >= 0.3 is 0 Å². The first-order valence-corrected chi connectivity index (χ1v) is 11.2. The van der Waals surface area contributed by atoms with E-state index in [0.29, 0.717) is 22.2 Å². The summed E-state index contributed by atoms with van der Waals surface area (Å²) in [5.41, 5.74) is 3.85. The molecule has 0 unspecified atom stereocenters. The van der Waals surface area contributed by atoms with E-state index in [9.17, 15) is 9.59 Å². The molecule has 3 aromatic heterocycles. The number of hydrogen-bond acceptors (Lipinski definition) is 5. The van der Waals surface area contributed by atoms with Gasteiger partial charge in [0, 0.05) is 17.6 Å². The molecule has 3 aromatic rings. The highest BCUT2D eigenvalue weighted by molar-refractivity contribution is 9.10. The van der Waals surface area contributed by atoms with E-state index in [2.05, 4.69) is 31.4 Å². The molecule has 4 rings (SSSR count). The third kappa shape index (κ3) is 3.41. The van der Waals surface area contributed by atoms with Crippen LogP contribution < -0.4 is 11.0 Å². The van der Waals surface area contributed by atoms with Crippen LogP contribution in [0.3, 0.4) is 0 Å². The summed E-state index contributed by atoms with van der Waals surface area (Å²) in [5, 5.41) is 4.91. The first-order chi connectivity index (χ1) is 13.5. The number of aryl methyl sites for hydroxylation is 4. The van der Waals surface area contributed by atoms with Crippen molar-refractivity contribution in [3.05, 3.63) is 43.0 Å². The van der Waals surface area contributed by atoms with Crippen molar-refractivity contribution >= 4 is 43.4 Å². The van der Waals surface area contributed by atoms with E-state index >= 15 is 0 Å². The van der Waals surface area contributed by atoms with Gasteiger partial charge in [0.2, 0.25) is 0 Å². The topological polar surface area (TPSA) is 81.8 Å². The minimum atomic E-state index is -0.441. The second kappa shape index (κ2) is 7.79. The summed E-state index contributed by atoms with van der Waals surface area (Å²) in [4.78, 5) is 32.7. The first kappa shape index (κ1) is 19.3. The van der Waals surface area contributed by atoms with Crippen LogP contribution in [0, 0.1) is 6.92 Å². The number of hydrogen-bond donors (Lipinski definition) is 1. The van der Waals surface area contributed by atoms with Crippen molar-refractivity contribution in [2.75, 3.05) is 5.43 Å². The third-order valence-corrected chi connectivity index (χ3v) is 6.89. The van der Waals surface area contributed by atoms with Crippen molar-refractivity contribution in [3.63, 3.8) is 0 Å². The predicted molar refractivity (Wildman–Crippen MR) is 114 cm³/mol. The number of amides is 1. The number of aromatic nitrogens is 4. The van der Waals surface area contributed by atoms with E-state index in [0.717, 1.165) is 36.1 Å². The fraction of sp³-hybridized carbons (Fsp3) is 0.474. The highest BCUT2D eigenvalue weighted by atomic mass is 79.9. The number of halogens is 1. The standard InChI is InChI=1S/C19H22BrN5O2S/c1-3-24-10-13(20)16(22-24)17(26)23-25-11(2)21-18-15(19(25)27)12-8-6-4-5-7-9-14(12)28-18/h10H,3-9H2,1-2H3,(H,23,26). The zero-order chi connectivity index (χ0) is 19.8. The van der Waals surface area contributed by atoms with Gasteiger partial charge in [0.1, 0.15) is 10.7 Å². The monoisotopic (exact) mass is 463 g/mol. The summed E-state index contributed by atoms with van der Waals surface area (Å²) in [7, 11) is 0. The molecule has 7 nitrogen and oxygen atoms in total. The lowest BCUT2D eigenvalue weighted by Crippen LogP contribution is -2.36. The molecule has 0 fully saturated rings. The Morgan fingerprint density at radius 3 is 2.75 bits per heavy atom. The van der Waals surface area contributed by atoms with Crippen molar-refractivity contribution in [1.29, 1.82) is 0 Å². The second-order valence-corrected chi connectivity index (χ2v) is 8.96. The molecule has 0 bridgehead atoms. The molecule has 3 heterocycles. The van der Waals surface area contributed by atoms with Gasteiger partial charge in [-0.3, -0.25) is 19.7 Å². The molecule has 0 saturated heterocycles. The van der Waals surface area contributed by atoms with Gasteiger partial charge in [-0.1, -0.05) is 12.8 Å². The lowest BCUT2D eigenvalue weighted by molar-refractivity contribution is 0.1000. The Labute approximate surface area is 174 Å². The lowest BCUT2D eigenvalue weighted by atomic mass is 9.98. The third-order valence-electron chi connectivity index (χ3n) is 5.13. The summed E-state index contributed by atoms with van der Waals surface area (Å²) in [6, 6.07) is 0. The SMILES string of the molecule is CCn1cc(Br)c(C(=O)Nn2c(C)nc3sc4c(c3c2=O)CCCCCC4)n1. The van der Waals surface area contributed by atoms with Crippen LogP contribution in [0.2, 0.25) is 0 Å². The smallest absolute Gasteiger partial charge is 0.271 e. The molecule has 28 heavy (non-hydrogen) atoms. The molecule has 1 aliphatic carbocycles. The van der Waals surface area contributed by atoms with Crippen molar-refractivity contribution < 1.29 is 4.79 Å². The zero-order valence-electron chi connectivity index (χ0n) is 15.9. The highest BCUT2D eigenvalue weighted by Crippen LogP contribution is 2.32. The molecular formula is C19H22BrN5O2S. The van der Waals surface area contributed by atoms with Crippen LogP contribution in [0.25, 0.3) is 10.2 Å². The number of nitrogens with zero attached hydrogens (tertiary/aromatic N) is 4. The Morgan fingerprint density at radius 2 is 2.04 bits per heavy atom. The molecule has 1 aliphatic rings. The van der Waals surface area contributed by atoms with E-state index in [4.69, 9.17) is 0 Å². The summed E-state index contributed by atoms with van der Waals surface area (Å²) >= 11 is 4.99. The molecule has 0 aliphatic heterocycles. The Morgan fingerprint density at radius 1 is 1.29 bits per heavy atom. The summed E-state index contributed by atoms with van der Waals surface area (Å²) in [6.07, 6.45) is 8.30. The van der Waals surface area contributed by atoms with Crippen LogP contribution >= 0.6 is 27.3 Å². The Balaban J connectivity index is 1.76. The molecule has 148 valence electrons. The molecule has 0 atom stereocenters. The number of carbonyl (C=O) groups is 1. The number of fused-ring (bicyclic) bond motifs is 3. The van der Waals surface area contributed by atoms with Crippen molar-refractivity contribution in [2.24, 2.45) is 0 Å². The van der Waals surface area contributed by atoms with Crippen LogP contribution in [-0.4, -0.2) is 25.3 Å². The van der Waals surface area contributed by atoms with E-state index in [1.165, 1.54) is 22.4 Å². The molecule has 1 N–H and O–H groups in total. The van der Waals surface area contributed by atoms with E-state index in [-0.39, 0.29) is 11.3 Å². The van der Waals surface area contributed by atoms with Gasteiger partial charge in [0.25, 0.3) is 11.5 Å². The molecule has 0 aromatic carbocycles. The van der Waals surface area contributed by atoms with Crippen LogP contribution in [0.1, 0.15) is 59.4 Å². The Bertz CT molecular complexity index is 1110. The quantitative estimate of drug-likeness (QED) is 0.640. The highest BCUT2D eigenvalue weighted by Gasteiger charge is 2.22. The number of nitrogens with one attached hydrogen (secondary N) is 1. The van der Waals surface area contributed by atoms with Crippen molar-refractivity contribution in [3.8, 4) is 0 Å². The minimum absolute atomic E-state index is 0.208. The fourth-order valence-electron chi connectivity index (χ4n) is 3.66. The molecule has 1 amide bonds. The maximum absolute atomic E-state index is 13.3. The van der Waals surface area contributed by atoms with Gasteiger partial charge in [0.05, 0.1) is 9.86 Å². The Hall–Kier alpha value is -2.00. The van der Waals surface area contributed by atoms with Gasteiger partial charge in [-0.15, -0.1) is 11.3 Å². The van der Waals surface area contributed by atoms with Gasteiger partial charge in [0.15, 0.2) is 5.69 Å². The van der Waals surface area contributed by atoms with E-state index in [1.807, 2.05) is 6.92 Å². The number of thiophene rings is 1. The second-order valence-electron chi connectivity index (χ2n) is 7.02. The zero-order valence-corrected chi connectivity index (χ0v) is 18.3. The Kier molecular flexibility index (Phi) is 5.37. The van der Waals surface area contributed by atoms with Crippen LogP contribution in [0.4, 0.5) is 0 Å². The maximum atomic E-state index is 13.3. The fourth-order valence-corrected chi connectivity index (χ4v) is 5.45. The minimum Gasteiger partial charge on any atom is -0.271 e. The molecule has 0 saturated carbocycles. The number of carbonyl (C=O) groups excluding carboxylic acids is 1. The first-order valence-electron chi connectivity index (χ1n) is 9.57. The van der Waals surface area contributed by atoms with Gasteiger partial charge in [-0.25, -0.2) is 9.66 Å². The van der Waals surface area contributed by atoms with Gasteiger partial charge in [-0.05, 0) is 61.0 Å². The average molecular weight is 464 g/mol. The normalized spacial score (nSPS) is 14.5. The average Bonchev–Trinajstić information content (AvgIpc) is 3.18. The maximum Gasteiger partial charge on any atom is 0.291 e. The van der Waals surface area contributed by atoms with Crippen LogP contribution in [0.15, 0.2) is 15.5 Å². The molecular weight excluding hydrogens is 442 g/mol. The van der Waals surface area contributed by atoms with Crippen LogP contribution in [0.5, 0.6) is 0 Å². The van der Waals surface area contributed by atoms with Crippen molar-refractivity contribution in [2.45, 2.75) is 58.9 Å². The molecule has 0 radical (unpaired) electrons. The lowest BCUT2D eigenvalue weighted by Gasteiger charge is -2.12. The number of rotatable bonds is 3. The van der Waals surface area contributed by atoms with Gasteiger partial charge < -0.3 is 0 Å².